The Kier molecular flexibility index (Phi) is 5.27. The first-order valence-corrected chi connectivity index (χ1v) is 7.23. The van der Waals surface area contributed by atoms with Crippen LogP contribution in [-0.2, 0) is 4.79 Å². The lowest BCUT2D eigenvalue weighted by Gasteiger charge is -2.17. The van der Waals surface area contributed by atoms with E-state index in [1.165, 1.54) is 6.34 Å². The van der Waals surface area contributed by atoms with Crippen LogP contribution in [0.25, 0.3) is 0 Å². The van der Waals surface area contributed by atoms with Crippen molar-refractivity contribution >= 4 is 17.9 Å². The highest BCUT2D eigenvalue weighted by atomic mass is 19.1. The third-order valence-electron chi connectivity index (χ3n) is 3.58. The second-order valence-electron chi connectivity index (χ2n) is 5.26. The van der Waals surface area contributed by atoms with E-state index in [2.05, 4.69) is 20.9 Å². The summed E-state index contributed by atoms with van der Waals surface area (Å²) in [6.45, 7) is 4.78. The molecule has 5 nitrogen and oxygen atoms in total. The minimum atomic E-state index is -0.191. The molecule has 1 heterocycles. The second-order valence-corrected chi connectivity index (χ2v) is 5.26. The summed E-state index contributed by atoms with van der Waals surface area (Å²) in [6.07, 6.45) is 2.19. The topological polar surface area (TPSA) is 65.5 Å². The number of aliphatic imine (C=N–C) groups is 1. The number of amides is 1. The molecule has 0 aromatic heterocycles. The van der Waals surface area contributed by atoms with E-state index < -0.39 is 0 Å². The molecule has 0 bridgehead atoms. The zero-order valence-electron chi connectivity index (χ0n) is 13.1. The van der Waals surface area contributed by atoms with E-state index in [0.717, 1.165) is 12.2 Å². The van der Waals surface area contributed by atoms with Crippen molar-refractivity contribution in [1.29, 1.82) is 0 Å². The largest absolute Gasteiger partial charge is 0.355 e. The summed E-state index contributed by atoms with van der Waals surface area (Å²) in [6, 6.07) is 3.45. The highest BCUT2D eigenvalue weighted by Gasteiger charge is 2.17. The fourth-order valence-electron chi connectivity index (χ4n) is 2.40. The molecule has 0 fully saturated rings. The fourth-order valence-corrected chi connectivity index (χ4v) is 2.40. The maximum atomic E-state index is 13.6. The quantitative estimate of drug-likeness (QED) is 0.588. The number of carbonyl (C=O) groups is 1. The Bertz CT molecular complexity index is 614. The Balaban J connectivity index is 2.14. The Labute approximate surface area is 129 Å². The maximum absolute atomic E-state index is 13.6. The first kappa shape index (κ1) is 16.2. The standard InChI is InChI=1S/C16H21FN4O/c1-10-6-12(7-11(2)15(10)17)20-9-21-14-8-19-5-4-13(14)16(22)18-3/h6-7,9,19H,4-5,8H2,1-3H3,(H,18,22)(H,20,21). The van der Waals surface area contributed by atoms with E-state index in [1.54, 1.807) is 33.0 Å². The van der Waals surface area contributed by atoms with Crippen molar-refractivity contribution in [1.82, 2.24) is 10.6 Å². The number of hydrogen-bond donors (Lipinski definition) is 3. The van der Waals surface area contributed by atoms with Crippen LogP contribution >= 0.6 is 0 Å². The van der Waals surface area contributed by atoms with Gasteiger partial charge < -0.3 is 16.0 Å². The van der Waals surface area contributed by atoms with E-state index in [-0.39, 0.29) is 11.7 Å². The van der Waals surface area contributed by atoms with Gasteiger partial charge in [0.1, 0.15) is 5.82 Å². The molecule has 0 saturated heterocycles. The zero-order valence-corrected chi connectivity index (χ0v) is 13.1. The van der Waals surface area contributed by atoms with Gasteiger partial charge >= 0.3 is 0 Å². The number of benzene rings is 1. The first-order chi connectivity index (χ1) is 10.5. The van der Waals surface area contributed by atoms with Gasteiger partial charge in [-0.25, -0.2) is 9.38 Å². The Hall–Kier alpha value is -2.21. The van der Waals surface area contributed by atoms with Crippen LogP contribution in [0, 0.1) is 19.7 Å². The molecule has 3 N–H and O–H groups in total. The van der Waals surface area contributed by atoms with E-state index in [0.29, 0.717) is 35.4 Å². The minimum absolute atomic E-state index is 0.0953. The molecule has 6 heteroatoms. The molecular formula is C16H21FN4O. The molecule has 22 heavy (non-hydrogen) atoms. The summed E-state index contributed by atoms with van der Waals surface area (Å²) in [5, 5.41) is 8.85. The third kappa shape index (κ3) is 3.71. The SMILES string of the molecule is CNC(=O)C1=C(N=CNc2cc(C)c(F)c(C)c2)CNCC1. The van der Waals surface area contributed by atoms with Crippen molar-refractivity contribution in [3.8, 4) is 0 Å². The normalized spacial score (nSPS) is 15.3. The number of likely N-dealkylation sites (N-methyl/N-ethyl adjacent to an activating group) is 1. The lowest BCUT2D eigenvalue weighted by molar-refractivity contribution is -0.117. The number of anilines is 1. The van der Waals surface area contributed by atoms with Crippen molar-refractivity contribution in [3.05, 3.63) is 40.3 Å². The Morgan fingerprint density at radius 1 is 1.36 bits per heavy atom. The van der Waals surface area contributed by atoms with Gasteiger partial charge in [0.2, 0.25) is 5.91 Å². The van der Waals surface area contributed by atoms with Crippen LogP contribution < -0.4 is 16.0 Å². The highest BCUT2D eigenvalue weighted by molar-refractivity contribution is 5.94. The molecule has 0 saturated carbocycles. The highest BCUT2D eigenvalue weighted by Crippen LogP contribution is 2.18. The van der Waals surface area contributed by atoms with E-state index in [9.17, 15) is 9.18 Å². The lowest BCUT2D eigenvalue weighted by Crippen LogP contribution is -2.31. The number of hydrogen-bond acceptors (Lipinski definition) is 3. The summed E-state index contributed by atoms with van der Waals surface area (Å²) in [7, 11) is 1.61. The second kappa shape index (κ2) is 7.17. The Morgan fingerprint density at radius 3 is 2.68 bits per heavy atom. The van der Waals surface area contributed by atoms with Crippen molar-refractivity contribution in [2.45, 2.75) is 20.3 Å². The van der Waals surface area contributed by atoms with E-state index in [1.807, 2.05) is 0 Å². The van der Waals surface area contributed by atoms with Gasteiger partial charge in [-0.15, -0.1) is 0 Å². The van der Waals surface area contributed by atoms with Gasteiger partial charge in [-0.1, -0.05) is 0 Å². The predicted octanol–water partition coefficient (Wildman–Crippen LogP) is 1.88. The van der Waals surface area contributed by atoms with Crippen molar-refractivity contribution < 1.29 is 9.18 Å². The number of aryl methyl sites for hydroxylation is 2. The van der Waals surface area contributed by atoms with Gasteiger partial charge in [0.25, 0.3) is 0 Å². The summed E-state index contributed by atoms with van der Waals surface area (Å²) in [5.74, 6) is -0.286. The maximum Gasteiger partial charge on any atom is 0.248 e. The fraction of sp³-hybridized carbons (Fsp3) is 0.375. The van der Waals surface area contributed by atoms with Crippen molar-refractivity contribution in [3.63, 3.8) is 0 Å². The van der Waals surface area contributed by atoms with Gasteiger partial charge in [0.15, 0.2) is 0 Å². The van der Waals surface area contributed by atoms with Crippen LogP contribution in [0.1, 0.15) is 17.5 Å². The summed E-state index contributed by atoms with van der Waals surface area (Å²) in [4.78, 5) is 16.1. The number of rotatable bonds is 4. The first-order valence-electron chi connectivity index (χ1n) is 7.23. The average Bonchev–Trinajstić information content (AvgIpc) is 2.52. The smallest absolute Gasteiger partial charge is 0.248 e. The molecule has 1 amide bonds. The van der Waals surface area contributed by atoms with Gasteiger partial charge in [0.05, 0.1) is 12.0 Å². The van der Waals surface area contributed by atoms with Gasteiger partial charge in [0, 0.05) is 24.9 Å². The number of carbonyl (C=O) groups excluding carboxylic acids is 1. The molecule has 1 aliphatic rings. The zero-order chi connectivity index (χ0) is 16.1. The molecule has 1 aliphatic heterocycles. The van der Waals surface area contributed by atoms with Crippen molar-refractivity contribution in [2.75, 3.05) is 25.5 Å². The van der Waals surface area contributed by atoms with Crippen LogP contribution in [0.2, 0.25) is 0 Å². The number of nitrogens with zero attached hydrogens (tertiary/aromatic N) is 1. The molecule has 0 aliphatic carbocycles. The van der Waals surface area contributed by atoms with Crippen LogP contribution in [-0.4, -0.2) is 32.4 Å². The lowest BCUT2D eigenvalue weighted by atomic mass is 10.1. The number of nitrogens with one attached hydrogen (secondary N) is 3. The summed E-state index contributed by atoms with van der Waals surface area (Å²) >= 11 is 0. The van der Waals surface area contributed by atoms with E-state index in [4.69, 9.17) is 0 Å². The average molecular weight is 304 g/mol. The molecule has 0 atom stereocenters. The molecule has 0 spiro atoms. The molecule has 0 radical (unpaired) electrons. The molecule has 118 valence electrons. The monoisotopic (exact) mass is 304 g/mol. The van der Waals surface area contributed by atoms with Crippen LogP contribution in [0.15, 0.2) is 28.4 Å². The van der Waals surface area contributed by atoms with Gasteiger partial charge in [-0.3, -0.25) is 4.79 Å². The molecule has 1 aromatic carbocycles. The Morgan fingerprint density at radius 2 is 2.05 bits per heavy atom. The van der Waals surface area contributed by atoms with Crippen LogP contribution in [0.4, 0.5) is 10.1 Å². The summed E-state index contributed by atoms with van der Waals surface area (Å²) in [5.41, 5.74) is 3.35. The predicted molar refractivity (Wildman–Crippen MR) is 86.6 cm³/mol. The number of halogens is 1. The molecule has 1 aromatic rings. The van der Waals surface area contributed by atoms with Crippen LogP contribution in [0.3, 0.4) is 0 Å². The third-order valence-corrected chi connectivity index (χ3v) is 3.58. The van der Waals surface area contributed by atoms with Gasteiger partial charge in [-0.2, -0.15) is 0 Å². The molecular weight excluding hydrogens is 283 g/mol. The van der Waals surface area contributed by atoms with Gasteiger partial charge in [-0.05, 0) is 50.1 Å². The summed E-state index contributed by atoms with van der Waals surface area (Å²) < 4.78 is 13.6. The molecule has 0 unspecified atom stereocenters. The van der Waals surface area contributed by atoms with Crippen LogP contribution in [0.5, 0.6) is 0 Å². The van der Waals surface area contributed by atoms with E-state index >= 15 is 0 Å². The molecule has 2 rings (SSSR count). The van der Waals surface area contributed by atoms with Crippen molar-refractivity contribution in [2.24, 2.45) is 4.99 Å². The minimum Gasteiger partial charge on any atom is -0.355 e.